The summed E-state index contributed by atoms with van der Waals surface area (Å²) in [5.74, 6) is 1.09. The lowest BCUT2D eigenvalue weighted by Gasteiger charge is -2.06. The molecule has 0 amide bonds. The van der Waals surface area contributed by atoms with E-state index >= 15 is 0 Å². The number of nitrogens with zero attached hydrogens (tertiary/aromatic N) is 4. The summed E-state index contributed by atoms with van der Waals surface area (Å²) in [6, 6.07) is 19.2. The Balaban J connectivity index is 1.67. The van der Waals surface area contributed by atoms with E-state index in [2.05, 4.69) is 20.2 Å². The van der Waals surface area contributed by atoms with Crippen molar-refractivity contribution in [1.82, 2.24) is 4.98 Å². The first-order valence-electron chi connectivity index (χ1n) is 8.67. The summed E-state index contributed by atoms with van der Waals surface area (Å²) in [7, 11) is 0. The second kappa shape index (κ2) is 9.22. The summed E-state index contributed by atoms with van der Waals surface area (Å²) in [6.07, 6.45) is 1.63. The van der Waals surface area contributed by atoms with Crippen LogP contribution in [0.25, 0.3) is 32.8 Å². The van der Waals surface area contributed by atoms with E-state index in [1.165, 1.54) is 0 Å². The van der Waals surface area contributed by atoms with Crippen LogP contribution < -0.4 is 4.74 Å². The number of hydrogen-bond acceptors (Lipinski definition) is 4. The number of nitrogens with one attached hydrogen (secondary N) is 1. The molecule has 0 unspecified atom stereocenters. The number of rotatable bonds is 9. The fourth-order valence-electron chi connectivity index (χ4n) is 2.76. The van der Waals surface area contributed by atoms with Crippen molar-refractivity contribution in [3.8, 4) is 28.1 Å². The van der Waals surface area contributed by atoms with Crippen LogP contribution in [0.2, 0.25) is 0 Å². The SMILES string of the molecule is [N-]=[N+]=NCCCCOc1ccc(-c2cc(-c3ccccc3)c(N=O)[nH]2)cc1. The van der Waals surface area contributed by atoms with Crippen LogP contribution in [0.15, 0.2) is 71.0 Å². The largest absolute Gasteiger partial charge is 0.494 e. The van der Waals surface area contributed by atoms with E-state index in [9.17, 15) is 4.91 Å². The van der Waals surface area contributed by atoms with Gasteiger partial charge in [-0.25, -0.2) is 0 Å². The molecule has 0 bridgehead atoms. The minimum atomic E-state index is 0.316. The molecule has 0 saturated carbocycles. The summed E-state index contributed by atoms with van der Waals surface area (Å²) < 4.78 is 5.68. The Morgan fingerprint density at radius 3 is 2.48 bits per heavy atom. The number of unbranched alkanes of at least 4 members (excludes halogenated alkanes) is 1. The van der Waals surface area contributed by atoms with E-state index < -0.39 is 0 Å². The third-order valence-corrected chi connectivity index (χ3v) is 4.12. The standard InChI is InChI=1S/C20H19N5O2/c21-25-22-12-4-5-13-27-17-10-8-16(9-11-17)19-14-18(20(23-19)24-26)15-6-2-1-3-7-15/h1-3,6-11,14,23H,4-5,12-13H2. The van der Waals surface area contributed by atoms with Crippen LogP contribution in [-0.2, 0) is 0 Å². The van der Waals surface area contributed by atoms with Gasteiger partial charge in [-0.15, -0.1) is 4.91 Å². The second-order valence-corrected chi connectivity index (χ2v) is 5.94. The molecule has 0 radical (unpaired) electrons. The summed E-state index contributed by atoms with van der Waals surface area (Å²) >= 11 is 0. The van der Waals surface area contributed by atoms with Gasteiger partial charge in [0.25, 0.3) is 0 Å². The molecule has 27 heavy (non-hydrogen) atoms. The Morgan fingerprint density at radius 1 is 1.00 bits per heavy atom. The number of aromatic amines is 1. The highest BCUT2D eigenvalue weighted by atomic mass is 16.5. The highest BCUT2D eigenvalue weighted by molar-refractivity contribution is 5.80. The van der Waals surface area contributed by atoms with E-state index in [-0.39, 0.29) is 0 Å². The number of ether oxygens (including phenoxy) is 1. The van der Waals surface area contributed by atoms with Crippen molar-refractivity contribution >= 4 is 5.82 Å². The molecule has 0 aliphatic rings. The average Bonchev–Trinajstić information content (AvgIpc) is 3.16. The predicted molar refractivity (Wildman–Crippen MR) is 106 cm³/mol. The first-order chi connectivity index (χ1) is 13.3. The first kappa shape index (κ1) is 18.2. The molecule has 0 spiro atoms. The zero-order valence-corrected chi connectivity index (χ0v) is 14.7. The Morgan fingerprint density at radius 2 is 1.78 bits per heavy atom. The molecule has 0 aliphatic heterocycles. The molecule has 0 atom stereocenters. The summed E-state index contributed by atoms with van der Waals surface area (Å²) in [5, 5.41) is 6.61. The van der Waals surface area contributed by atoms with Gasteiger partial charge in [-0.05, 0) is 65.0 Å². The molecule has 136 valence electrons. The number of H-pyrrole nitrogens is 1. The molecule has 2 aromatic carbocycles. The fraction of sp³-hybridized carbons (Fsp3) is 0.200. The normalized spacial score (nSPS) is 10.2. The molecule has 7 heteroatoms. The maximum Gasteiger partial charge on any atom is 0.183 e. The molecule has 3 rings (SSSR count). The van der Waals surface area contributed by atoms with Gasteiger partial charge in [0.1, 0.15) is 5.75 Å². The number of aromatic nitrogens is 1. The molecule has 0 aliphatic carbocycles. The zero-order valence-electron chi connectivity index (χ0n) is 14.7. The lowest BCUT2D eigenvalue weighted by Crippen LogP contribution is -1.97. The van der Waals surface area contributed by atoms with Crippen LogP contribution in [-0.4, -0.2) is 18.1 Å². The molecule has 0 saturated heterocycles. The van der Waals surface area contributed by atoms with Crippen molar-refractivity contribution in [2.24, 2.45) is 10.3 Å². The van der Waals surface area contributed by atoms with Gasteiger partial charge in [0.05, 0.1) is 6.61 Å². The molecular weight excluding hydrogens is 342 g/mol. The van der Waals surface area contributed by atoms with E-state index in [0.717, 1.165) is 41.0 Å². The summed E-state index contributed by atoms with van der Waals surface area (Å²) in [6.45, 7) is 1.06. The maximum atomic E-state index is 11.2. The summed E-state index contributed by atoms with van der Waals surface area (Å²) in [4.78, 5) is 17.0. The van der Waals surface area contributed by atoms with Crippen molar-refractivity contribution < 1.29 is 4.74 Å². The van der Waals surface area contributed by atoms with Crippen molar-refractivity contribution in [3.05, 3.63) is 76.0 Å². The van der Waals surface area contributed by atoms with E-state index in [1.807, 2.05) is 60.7 Å². The molecule has 1 N–H and O–H groups in total. The lowest BCUT2D eigenvalue weighted by atomic mass is 10.1. The second-order valence-electron chi connectivity index (χ2n) is 5.94. The van der Waals surface area contributed by atoms with Crippen LogP contribution in [0.4, 0.5) is 5.82 Å². The third kappa shape index (κ3) is 4.74. The van der Waals surface area contributed by atoms with Gasteiger partial charge in [-0.2, -0.15) is 0 Å². The molecule has 7 nitrogen and oxygen atoms in total. The van der Waals surface area contributed by atoms with Gasteiger partial charge >= 0.3 is 0 Å². The average molecular weight is 361 g/mol. The van der Waals surface area contributed by atoms with Gasteiger partial charge in [-0.1, -0.05) is 35.4 Å². The van der Waals surface area contributed by atoms with Crippen LogP contribution in [0, 0.1) is 4.91 Å². The Hall–Kier alpha value is -3.57. The highest BCUT2D eigenvalue weighted by Crippen LogP contribution is 2.34. The fourth-order valence-corrected chi connectivity index (χ4v) is 2.76. The van der Waals surface area contributed by atoms with Crippen molar-refractivity contribution in [2.75, 3.05) is 13.2 Å². The van der Waals surface area contributed by atoms with Crippen LogP contribution in [0.3, 0.4) is 0 Å². The van der Waals surface area contributed by atoms with Gasteiger partial charge in [0, 0.05) is 22.7 Å². The summed E-state index contributed by atoms with van der Waals surface area (Å²) in [5.41, 5.74) is 11.7. The number of nitroso groups, excluding NO2 is 1. The van der Waals surface area contributed by atoms with Gasteiger partial charge in [0.15, 0.2) is 5.82 Å². The van der Waals surface area contributed by atoms with E-state index in [0.29, 0.717) is 19.0 Å². The lowest BCUT2D eigenvalue weighted by molar-refractivity contribution is 0.308. The minimum Gasteiger partial charge on any atom is -0.494 e. The van der Waals surface area contributed by atoms with Gasteiger partial charge < -0.3 is 9.72 Å². The van der Waals surface area contributed by atoms with Crippen molar-refractivity contribution in [3.63, 3.8) is 0 Å². The predicted octanol–water partition coefficient (Wildman–Crippen LogP) is 6.22. The maximum absolute atomic E-state index is 11.2. The van der Waals surface area contributed by atoms with Crippen LogP contribution >= 0.6 is 0 Å². The van der Waals surface area contributed by atoms with Gasteiger partial charge in [0.2, 0.25) is 0 Å². The molecule has 3 aromatic rings. The van der Waals surface area contributed by atoms with Crippen LogP contribution in [0.5, 0.6) is 5.75 Å². The highest BCUT2D eigenvalue weighted by Gasteiger charge is 2.12. The molecule has 1 heterocycles. The van der Waals surface area contributed by atoms with Crippen molar-refractivity contribution in [2.45, 2.75) is 12.8 Å². The topological polar surface area (TPSA) is 103 Å². The minimum absolute atomic E-state index is 0.316. The zero-order chi connectivity index (χ0) is 18.9. The van der Waals surface area contributed by atoms with E-state index in [1.54, 1.807) is 0 Å². The number of azide groups is 1. The third-order valence-electron chi connectivity index (χ3n) is 4.12. The number of hydrogen-bond donors (Lipinski definition) is 1. The smallest absolute Gasteiger partial charge is 0.183 e. The first-order valence-corrected chi connectivity index (χ1v) is 8.67. The Kier molecular flexibility index (Phi) is 6.22. The Bertz CT molecular complexity index is 929. The monoisotopic (exact) mass is 361 g/mol. The molecule has 1 aromatic heterocycles. The quantitative estimate of drug-likeness (QED) is 0.161. The van der Waals surface area contributed by atoms with Crippen molar-refractivity contribution in [1.29, 1.82) is 0 Å². The van der Waals surface area contributed by atoms with Crippen LogP contribution in [0.1, 0.15) is 12.8 Å². The molecular formula is C20H19N5O2. The van der Waals surface area contributed by atoms with Gasteiger partial charge in [-0.3, -0.25) is 0 Å². The number of benzene rings is 2. The molecule has 0 fully saturated rings. The Labute approximate surface area is 156 Å². The van der Waals surface area contributed by atoms with E-state index in [4.69, 9.17) is 10.3 Å².